The number of phenols is 1. The molecule has 42 heavy (non-hydrogen) atoms. The van der Waals surface area contributed by atoms with Gasteiger partial charge in [-0.05, 0) is 59.8 Å². The summed E-state index contributed by atoms with van der Waals surface area (Å²) in [5.41, 5.74) is 1.44. The highest BCUT2D eigenvalue weighted by molar-refractivity contribution is 5.93. The van der Waals surface area contributed by atoms with Gasteiger partial charge in [-0.3, -0.25) is 14.4 Å². The van der Waals surface area contributed by atoms with Crippen LogP contribution >= 0.6 is 12.4 Å². The summed E-state index contributed by atoms with van der Waals surface area (Å²) in [5.74, 6) is -0.331. The topological polar surface area (TPSA) is 111 Å². The van der Waals surface area contributed by atoms with E-state index in [-0.39, 0.29) is 35.9 Å². The molecule has 0 aliphatic carbocycles. The molecular formula is C33H43ClN4O4. The number of hydrogen-bond acceptors (Lipinski definition) is 5. The molecule has 3 aromatic rings. The Labute approximate surface area is 254 Å². The molecule has 0 bridgehead atoms. The zero-order valence-corrected chi connectivity index (χ0v) is 25.5. The number of phenolic OH excluding ortho intramolecular Hbond substituents is 1. The maximum atomic E-state index is 13.5. The van der Waals surface area contributed by atoms with Gasteiger partial charge in [0, 0.05) is 31.5 Å². The SMILES string of the molecule is CC(C)(C)C(=O)N1CCC[C@H]1C(=O)N[C@H](Cc1ccc2ccccc2c1)C(=O)NCCCNCc1ccc(O)cc1.Cl. The van der Waals surface area contributed by atoms with Crippen LogP contribution in [0.4, 0.5) is 0 Å². The lowest BCUT2D eigenvalue weighted by Gasteiger charge is -2.31. The maximum absolute atomic E-state index is 13.5. The molecule has 0 unspecified atom stereocenters. The Hall–Kier alpha value is -3.62. The molecule has 1 aliphatic rings. The quantitative estimate of drug-likeness (QED) is 0.247. The third kappa shape index (κ3) is 8.94. The highest BCUT2D eigenvalue weighted by atomic mass is 35.5. The third-order valence-electron chi connectivity index (χ3n) is 7.44. The summed E-state index contributed by atoms with van der Waals surface area (Å²) in [6.07, 6.45) is 2.42. The standard InChI is InChI=1S/C33H42N4O4.ClH/c1-33(2,3)32(41)37-19-6-10-29(37)31(40)36-28(21-24-11-14-25-8-4-5-9-26(25)20-24)30(39)35-18-7-17-34-22-23-12-15-27(38)16-13-23;/h4-5,8-9,11-16,20,28-29,34,38H,6-7,10,17-19,21-22H2,1-3H3,(H,35,39)(H,36,40);1H/t28-,29+;/m1./s1. The molecule has 8 nitrogen and oxygen atoms in total. The van der Waals surface area contributed by atoms with Crippen LogP contribution < -0.4 is 16.0 Å². The molecule has 0 radical (unpaired) electrons. The van der Waals surface area contributed by atoms with Crippen LogP contribution in [0.15, 0.2) is 66.7 Å². The number of aromatic hydroxyl groups is 1. The van der Waals surface area contributed by atoms with Crippen molar-refractivity contribution in [2.75, 3.05) is 19.6 Å². The maximum Gasteiger partial charge on any atom is 0.243 e. The molecule has 4 N–H and O–H groups in total. The Morgan fingerprint density at radius 2 is 1.64 bits per heavy atom. The summed E-state index contributed by atoms with van der Waals surface area (Å²) in [4.78, 5) is 41.5. The second-order valence-electron chi connectivity index (χ2n) is 11.8. The molecule has 1 aliphatic heterocycles. The van der Waals surface area contributed by atoms with E-state index in [2.05, 4.69) is 22.0 Å². The molecule has 0 aromatic heterocycles. The van der Waals surface area contributed by atoms with E-state index in [0.717, 1.165) is 34.7 Å². The van der Waals surface area contributed by atoms with Crippen LogP contribution in [0, 0.1) is 5.41 Å². The van der Waals surface area contributed by atoms with E-state index in [1.54, 1.807) is 17.0 Å². The van der Waals surface area contributed by atoms with Crippen LogP contribution in [-0.2, 0) is 27.3 Å². The van der Waals surface area contributed by atoms with Crippen molar-refractivity contribution < 1.29 is 19.5 Å². The van der Waals surface area contributed by atoms with Crippen molar-refractivity contribution in [3.8, 4) is 5.75 Å². The monoisotopic (exact) mass is 594 g/mol. The first kappa shape index (κ1) is 32.9. The number of nitrogens with one attached hydrogen (secondary N) is 3. The van der Waals surface area contributed by atoms with Crippen LogP contribution in [-0.4, -0.2) is 59.4 Å². The van der Waals surface area contributed by atoms with Crippen LogP contribution in [0.5, 0.6) is 5.75 Å². The minimum Gasteiger partial charge on any atom is -0.508 e. The lowest BCUT2D eigenvalue weighted by molar-refractivity contribution is -0.145. The van der Waals surface area contributed by atoms with Crippen molar-refractivity contribution in [3.05, 3.63) is 77.9 Å². The summed E-state index contributed by atoms with van der Waals surface area (Å²) in [5, 5.41) is 20.9. The van der Waals surface area contributed by atoms with Gasteiger partial charge < -0.3 is 26.0 Å². The molecule has 0 spiro atoms. The number of halogens is 1. The van der Waals surface area contributed by atoms with Crippen molar-refractivity contribution in [1.82, 2.24) is 20.9 Å². The minimum absolute atomic E-state index is 0. The number of nitrogens with zero attached hydrogens (tertiary/aromatic N) is 1. The number of benzene rings is 3. The lowest BCUT2D eigenvalue weighted by Crippen LogP contribution is -2.55. The number of fused-ring (bicyclic) bond motifs is 1. The van der Waals surface area contributed by atoms with E-state index >= 15 is 0 Å². The second kappa shape index (κ2) is 15.0. The first-order valence-electron chi connectivity index (χ1n) is 14.5. The summed E-state index contributed by atoms with van der Waals surface area (Å²) in [6, 6.07) is 19.8. The summed E-state index contributed by atoms with van der Waals surface area (Å²) in [6.45, 7) is 7.96. The van der Waals surface area contributed by atoms with Crippen LogP contribution in [0.1, 0.15) is 51.2 Å². The van der Waals surface area contributed by atoms with Crippen LogP contribution in [0.3, 0.4) is 0 Å². The van der Waals surface area contributed by atoms with Crippen molar-refractivity contribution in [1.29, 1.82) is 0 Å². The molecule has 3 aromatic carbocycles. The average Bonchev–Trinajstić information content (AvgIpc) is 3.44. The normalized spacial score (nSPS) is 15.6. The molecule has 1 saturated heterocycles. The number of rotatable bonds is 11. The third-order valence-corrected chi connectivity index (χ3v) is 7.44. The predicted molar refractivity (Wildman–Crippen MR) is 168 cm³/mol. The molecule has 1 heterocycles. The van der Waals surface area contributed by atoms with Crippen LogP contribution in [0.25, 0.3) is 10.8 Å². The first-order chi connectivity index (χ1) is 19.6. The minimum atomic E-state index is -0.763. The fourth-order valence-electron chi connectivity index (χ4n) is 5.19. The average molecular weight is 595 g/mol. The van der Waals surface area contributed by atoms with E-state index < -0.39 is 17.5 Å². The number of amides is 3. The van der Waals surface area contributed by atoms with Gasteiger partial charge in [0.2, 0.25) is 17.7 Å². The van der Waals surface area contributed by atoms with Crippen molar-refractivity contribution >= 4 is 40.9 Å². The van der Waals surface area contributed by atoms with Gasteiger partial charge >= 0.3 is 0 Å². The number of carbonyl (C=O) groups is 3. The zero-order chi connectivity index (χ0) is 29.4. The Balaban J connectivity index is 0.00000484. The van der Waals surface area contributed by atoms with Gasteiger partial charge in [0.1, 0.15) is 17.8 Å². The Bertz CT molecular complexity index is 1360. The van der Waals surface area contributed by atoms with Crippen molar-refractivity contribution in [2.24, 2.45) is 5.41 Å². The molecule has 4 rings (SSSR count). The fourth-order valence-corrected chi connectivity index (χ4v) is 5.19. The smallest absolute Gasteiger partial charge is 0.243 e. The fraction of sp³-hybridized carbons (Fsp3) is 0.424. The first-order valence-corrected chi connectivity index (χ1v) is 14.5. The van der Waals surface area contributed by atoms with Gasteiger partial charge in [-0.1, -0.05) is 75.4 Å². The Kier molecular flexibility index (Phi) is 11.8. The van der Waals surface area contributed by atoms with Gasteiger partial charge in [-0.15, -0.1) is 12.4 Å². The number of hydrogen-bond donors (Lipinski definition) is 4. The predicted octanol–water partition coefficient (Wildman–Crippen LogP) is 4.33. The van der Waals surface area contributed by atoms with Gasteiger partial charge in [0.05, 0.1) is 0 Å². The van der Waals surface area contributed by atoms with Gasteiger partial charge in [-0.2, -0.15) is 0 Å². The lowest BCUT2D eigenvalue weighted by atomic mass is 9.94. The Morgan fingerprint density at radius 3 is 2.36 bits per heavy atom. The van der Waals surface area contributed by atoms with E-state index in [4.69, 9.17) is 0 Å². The van der Waals surface area contributed by atoms with E-state index in [1.165, 1.54) is 0 Å². The summed E-state index contributed by atoms with van der Waals surface area (Å²) >= 11 is 0. The van der Waals surface area contributed by atoms with Crippen molar-refractivity contribution in [3.63, 3.8) is 0 Å². The van der Waals surface area contributed by atoms with Crippen molar-refractivity contribution in [2.45, 2.75) is 65.1 Å². The largest absolute Gasteiger partial charge is 0.508 e. The van der Waals surface area contributed by atoms with E-state index in [9.17, 15) is 19.5 Å². The summed E-state index contributed by atoms with van der Waals surface area (Å²) in [7, 11) is 0. The molecule has 0 saturated carbocycles. The van der Waals surface area contributed by atoms with Crippen LogP contribution in [0.2, 0.25) is 0 Å². The molecule has 2 atom stereocenters. The molecule has 3 amide bonds. The van der Waals surface area contributed by atoms with E-state index in [1.807, 2.05) is 69.3 Å². The molecule has 1 fully saturated rings. The molecule has 226 valence electrons. The molecule has 9 heteroatoms. The van der Waals surface area contributed by atoms with E-state index in [0.29, 0.717) is 39.0 Å². The second-order valence-corrected chi connectivity index (χ2v) is 11.8. The summed E-state index contributed by atoms with van der Waals surface area (Å²) < 4.78 is 0. The highest BCUT2D eigenvalue weighted by Crippen LogP contribution is 2.26. The van der Waals surface area contributed by atoms with Gasteiger partial charge in [0.15, 0.2) is 0 Å². The van der Waals surface area contributed by atoms with Gasteiger partial charge in [0.25, 0.3) is 0 Å². The molecular weight excluding hydrogens is 552 g/mol. The van der Waals surface area contributed by atoms with Gasteiger partial charge in [-0.25, -0.2) is 0 Å². The Morgan fingerprint density at radius 1 is 0.952 bits per heavy atom. The number of likely N-dealkylation sites (tertiary alicyclic amines) is 1. The highest BCUT2D eigenvalue weighted by Gasteiger charge is 2.39. The zero-order valence-electron chi connectivity index (χ0n) is 24.7. The number of carbonyl (C=O) groups excluding carboxylic acids is 3.